The summed E-state index contributed by atoms with van der Waals surface area (Å²) in [5, 5.41) is 0. The van der Waals surface area contributed by atoms with E-state index in [4.69, 9.17) is 9.47 Å². The fourth-order valence-corrected chi connectivity index (χ4v) is 3.22. The predicted octanol–water partition coefficient (Wildman–Crippen LogP) is 5.61. The smallest absolute Gasteiger partial charge is 0.419 e. The first-order valence-corrected chi connectivity index (χ1v) is 11.8. The monoisotopic (exact) mass is 486 g/mol. The summed E-state index contributed by atoms with van der Waals surface area (Å²) in [6, 6.07) is 0. The molecule has 35 heavy (non-hydrogen) atoms. The summed E-state index contributed by atoms with van der Waals surface area (Å²) in [7, 11) is 0. The van der Waals surface area contributed by atoms with Crippen molar-refractivity contribution in [2.75, 3.05) is 6.54 Å². The highest BCUT2D eigenvalue weighted by Crippen LogP contribution is 2.20. The van der Waals surface area contributed by atoms with Crippen molar-refractivity contribution >= 4 is 29.9 Å². The maximum atomic E-state index is 12.7. The molecule has 0 aromatic carbocycles. The van der Waals surface area contributed by atoms with Crippen LogP contribution in [0.3, 0.4) is 0 Å². The first kappa shape index (κ1) is 28.0. The van der Waals surface area contributed by atoms with Crippen molar-refractivity contribution in [2.24, 2.45) is 10.9 Å². The zero-order chi connectivity index (χ0) is 26.4. The number of aromatic nitrogens is 2. The SMILES string of the molecule is CC1=CN=C(n2cnc(/C(C=O)=C/C[C@@H](C)CN(C(=O)OC(C)(C)C)C(=O)OC(C)(C)C)c2)CC1. The lowest BCUT2D eigenvalue weighted by Gasteiger charge is -2.29. The van der Waals surface area contributed by atoms with Gasteiger partial charge >= 0.3 is 12.2 Å². The summed E-state index contributed by atoms with van der Waals surface area (Å²) < 4.78 is 12.6. The van der Waals surface area contributed by atoms with Crippen molar-refractivity contribution in [3.8, 4) is 0 Å². The molecule has 0 saturated carbocycles. The van der Waals surface area contributed by atoms with Crippen LogP contribution in [0.1, 0.15) is 80.3 Å². The molecule has 1 atom stereocenters. The van der Waals surface area contributed by atoms with Gasteiger partial charge in [0.05, 0.1) is 5.69 Å². The molecule has 1 aromatic rings. The molecule has 0 unspecified atom stereocenters. The van der Waals surface area contributed by atoms with Crippen LogP contribution in [0, 0.1) is 5.92 Å². The maximum Gasteiger partial charge on any atom is 0.419 e. The number of amides is 2. The van der Waals surface area contributed by atoms with E-state index in [1.807, 2.05) is 24.6 Å². The van der Waals surface area contributed by atoms with Gasteiger partial charge in [0.15, 0.2) is 6.29 Å². The van der Waals surface area contributed by atoms with Crippen molar-refractivity contribution in [3.05, 3.63) is 36.1 Å². The van der Waals surface area contributed by atoms with Gasteiger partial charge in [-0.3, -0.25) is 9.36 Å². The molecule has 0 fully saturated rings. The van der Waals surface area contributed by atoms with Crippen molar-refractivity contribution in [1.29, 1.82) is 0 Å². The first-order chi connectivity index (χ1) is 16.2. The van der Waals surface area contributed by atoms with Crippen LogP contribution in [-0.2, 0) is 14.3 Å². The van der Waals surface area contributed by atoms with Crippen molar-refractivity contribution in [2.45, 2.75) is 85.9 Å². The van der Waals surface area contributed by atoms with Crippen LogP contribution in [0.25, 0.3) is 5.57 Å². The number of rotatable bonds is 6. The molecule has 9 nitrogen and oxygen atoms in total. The molecule has 9 heteroatoms. The Morgan fingerprint density at radius 3 is 2.20 bits per heavy atom. The van der Waals surface area contributed by atoms with Gasteiger partial charge < -0.3 is 9.47 Å². The lowest BCUT2D eigenvalue weighted by molar-refractivity contribution is -0.103. The topological polar surface area (TPSA) is 103 Å². The van der Waals surface area contributed by atoms with Crippen LogP contribution < -0.4 is 0 Å². The number of hydrogen-bond donors (Lipinski definition) is 0. The highest BCUT2D eigenvalue weighted by molar-refractivity contribution is 6.06. The summed E-state index contributed by atoms with van der Waals surface area (Å²) in [5.74, 6) is 0.709. The number of hydrogen-bond acceptors (Lipinski definition) is 7. The number of aliphatic imine (C=N–C) groups is 1. The number of nitrogens with zero attached hydrogens (tertiary/aromatic N) is 4. The molecule has 2 rings (SSSR count). The highest BCUT2D eigenvalue weighted by atomic mass is 16.6. The van der Waals surface area contributed by atoms with Gasteiger partial charge in [-0.25, -0.2) is 24.5 Å². The third-order valence-corrected chi connectivity index (χ3v) is 4.94. The van der Waals surface area contributed by atoms with Crippen LogP contribution in [0.2, 0.25) is 0 Å². The molecule has 0 aliphatic carbocycles. The van der Waals surface area contributed by atoms with Gasteiger partial charge in [0.1, 0.15) is 23.4 Å². The number of imidazole rings is 1. The molecule has 0 spiro atoms. The normalized spacial score (nSPS) is 15.6. The van der Waals surface area contributed by atoms with Crippen LogP contribution in [0.15, 0.2) is 35.4 Å². The maximum absolute atomic E-state index is 12.7. The van der Waals surface area contributed by atoms with Gasteiger partial charge in [-0.15, -0.1) is 0 Å². The van der Waals surface area contributed by atoms with Crippen molar-refractivity contribution < 1.29 is 23.9 Å². The highest BCUT2D eigenvalue weighted by Gasteiger charge is 2.32. The van der Waals surface area contributed by atoms with Gasteiger partial charge in [0.2, 0.25) is 0 Å². The van der Waals surface area contributed by atoms with E-state index < -0.39 is 23.4 Å². The zero-order valence-corrected chi connectivity index (χ0v) is 22.1. The van der Waals surface area contributed by atoms with Gasteiger partial charge in [0, 0.05) is 30.9 Å². The average Bonchev–Trinajstić information content (AvgIpc) is 3.20. The van der Waals surface area contributed by atoms with Crippen LogP contribution in [0.5, 0.6) is 0 Å². The molecule has 0 radical (unpaired) electrons. The number of aldehydes is 1. The minimum absolute atomic E-state index is 0.0728. The van der Waals surface area contributed by atoms with E-state index in [1.54, 1.807) is 60.1 Å². The molecule has 2 heterocycles. The molecule has 0 saturated heterocycles. The van der Waals surface area contributed by atoms with Gasteiger partial charge in [-0.2, -0.15) is 0 Å². The quantitative estimate of drug-likeness (QED) is 0.382. The fraction of sp³-hybridized carbons (Fsp3) is 0.577. The number of imide groups is 1. The Labute approximate surface area is 207 Å². The molecule has 192 valence electrons. The van der Waals surface area contributed by atoms with Gasteiger partial charge in [-0.05, 0) is 67.2 Å². The molecule has 1 aliphatic heterocycles. The molecular formula is C26H38N4O5. The van der Waals surface area contributed by atoms with Crippen LogP contribution >= 0.6 is 0 Å². The Morgan fingerprint density at radius 1 is 1.11 bits per heavy atom. The second-order valence-corrected chi connectivity index (χ2v) is 10.9. The average molecular weight is 487 g/mol. The van der Waals surface area contributed by atoms with E-state index in [2.05, 4.69) is 9.98 Å². The van der Waals surface area contributed by atoms with E-state index in [1.165, 1.54) is 5.57 Å². The second-order valence-electron chi connectivity index (χ2n) is 10.9. The van der Waals surface area contributed by atoms with Gasteiger partial charge in [-0.1, -0.05) is 18.6 Å². The van der Waals surface area contributed by atoms with Crippen molar-refractivity contribution in [3.63, 3.8) is 0 Å². The molecule has 0 bridgehead atoms. The molecular weight excluding hydrogens is 448 g/mol. The third kappa shape index (κ3) is 9.15. The Morgan fingerprint density at radius 2 is 1.71 bits per heavy atom. The molecule has 0 N–H and O–H groups in total. The lowest BCUT2D eigenvalue weighted by atomic mass is 10.0. The van der Waals surface area contributed by atoms with E-state index >= 15 is 0 Å². The summed E-state index contributed by atoms with van der Waals surface area (Å²) in [4.78, 5) is 47.0. The van der Waals surface area contributed by atoms with Crippen LogP contribution in [-0.4, -0.2) is 56.5 Å². The number of allylic oxidation sites excluding steroid dienone is 3. The van der Waals surface area contributed by atoms with E-state index in [0.29, 0.717) is 17.7 Å². The number of carbonyl (C=O) groups excluding carboxylic acids is 3. The minimum atomic E-state index is -0.769. The Hall–Kier alpha value is -3.23. The summed E-state index contributed by atoms with van der Waals surface area (Å²) in [6.45, 7) is 14.4. The Balaban J connectivity index is 2.13. The van der Waals surface area contributed by atoms with E-state index in [9.17, 15) is 14.4 Å². The predicted molar refractivity (Wildman–Crippen MR) is 135 cm³/mol. The Kier molecular flexibility index (Phi) is 9.18. The number of ether oxygens (including phenoxy) is 2. The standard InChI is InChI=1S/C26H38N4O5/c1-18-10-12-22(27-13-18)29-15-21(28-17-29)20(16-31)11-9-19(2)14-30(23(32)34-25(3,4)5)24(33)35-26(6,7)8/h11,13,15-17,19H,9-10,12,14H2,1-8H3/b20-11+/t19-/m1/s1. The van der Waals surface area contributed by atoms with Gasteiger partial charge in [0.25, 0.3) is 0 Å². The summed E-state index contributed by atoms with van der Waals surface area (Å²) in [5.41, 5.74) is 0.669. The third-order valence-electron chi connectivity index (χ3n) is 4.94. The molecule has 2 amide bonds. The molecule has 1 aromatic heterocycles. The summed E-state index contributed by atoms with van der Waals surface area (Å²) >= 11 is 0. The summed E-state index contributed by atoms with van der Waals surface area (Å²) in [6.07, 6.45) is 8.44. The number of carbonyl (C=O) groups is 3. The Bertz CT molecular complexity index is 993. The van der Waals surface area contributed by atoms with E-state index in [-0.39, 0.29) is 12.5 Å². The fourth-order valence-electron chi connectivity index (χ4n) is 3.22. The zero-order valence-electron chi connectivity index (χ0n) is 22.1. The second kappa shape index (κ2) is 11.5. The van der Waals surface area contributed by atoms with Crippen molar-refractivity contribution in [1.82, 2.24) is 14.5 Å². The minimum Gasteiger partial charge on any atom is -0.443 e. The van der Waals surface area contributed by atoms with E-state index in [0.717, 1.165) is 29.9 Å². The lowest BCUT2D eigenvalue weighted by Crippen LogP contribution is -2.45. The largest absolute Gasteiger partial charge is 0.443 e. The molecule has 1 aliphatic rings. The first-order valence-electron chi connectivity index (χ1n) is 11.8. The van der Waals surface area contributed by atoms with Crippen LogP contribution in [0.4, 0.5) is 9.59 Å².